The second-order valence-corrected chi connectivity index (χ2v) is 3.53. The summed E-state index contributed by atoms with van der Waals surface area (Å²) in [4.78, 5) is 7.96. The van der Waals surface area contributed by atoms with Crippen LogP contribution in [0.5, 0.6) is 0 Å². The first-order chi connectivity index (χ1) is 8.83. The third-order valence-electron chi connectivity index (χ3n) is 2.35. The van der Waals surface area contributed by atoms with Crippen molar-refractivity contribution >= 4 is 5.82 Å². The van der Waals surface area contributed by atoms with Gasteiger partial charge in [-0.1, -0.05) is 12.1 Å². The largest absolute Gasteiger partial charge is 0.364 e. The first-order valence-corrected chi connectivity index (χ1v) is 5.27. The fourth-order valence-corrected chi connectivity index (χ4v) is 1.43. The molecule has 0 aliphatic carbocycles. The fourth-order valence-electron chi connectivity index (χ4n) is 1.43. The highest BCUT2D eigenvalue weighted by molar-refractivity contribution is 5.47. The van der Waals surface area contributed by atoms with E-state index in [9.17, 15) is 0 Å². The number of nitrogens with one attached hydrogen (secondary N) is 1. The van der Waals surface area contributed by atoms with Gasteiger partial charge in [-0.05, 0) is 17.7 Å². The predicted octanol–water partition coefficient (Wildman–Crippen LogP) is 1.83. The highest BCUT2D eigenvalue weighted by Gasteiger charge is 2.03. The molecule has 1 aromatic carbocycles. The lowest BCUT2D eigenvalue weighted by Gasteiger charge is -2.06. The second-order valence-electron chi connectivity index (χ2n) is 3.53. The third kappa shape index (κ3) is 2.60. The lowest BCUT2D eigenvalue weighted by Crippen LogP contribution is -2.04. The van der Waals surface area contributed by atoms with Crippen LogP contribution < -0.4 is 5.32 Å². The monoisotopic (exact) mass is 235 g/mol. The Morgan fingerprint density at radius 1 is 1.00 bits per heavy atom. The summed E-state index contributed by atoms with van der Waals surface area (Å²) in [6.45, 7) is 0.527. The molecule has 2 rings (SSSR count). The smallest absolute Gasteiger partial charge is 0.182 e. The van der Waals surface area contributed by atoms with Gasteiger partial charge in [0, 0.05) is 18.9 Å². The zero-order valence-electron chi connectivity index (χ0n) is 9.46. The molecule has 5 nitrogen and oxygen atoms in total. The molecule has 0 unspecified atom stereocenters. The van der Waals surface area contributed by atoms with Crippen LogP contribution in [0.25, 0.3) is 0 Å². The van der Waals surface area contributed by atoms with Crippen molar-refractivity contribution in [1.29, 1.82) is 10.5 Å². The summed E-state index contributed by atoms with van der Waals surface area (Å²) in [6.07, 6.45) is 3.01. The second kappa shape index (κ2) is 5.42. The van der Waals surface area contributed by atoms with E-state index in [0.29, 0.717) is 17.9 Å². The number of nitrogens with zero attached hydrogens (tertiary/aromatic N) is 4. The van der Waals surface area contributed by atoms with Gasteiger partial charge in [0.15, 0.2) is 11.5 Å². The topological polar surface area (TPSA) is 85.4 Å². The summed E-state index contributed by atoms with van der Waals surface area (Å²) in [5.41, 5.74) is 1.89. The van der Waals surface area contributed by atoms with E-state index in [1.165, 1.54) is 12.4 Å². The zero-order chi connectivity index (χ0) is 12.8. The summed E-state index contributed by atoms with van der Waals surface area (Å²) in [7, 11) is 0. The maximum atomic E-state index is 8.86. The number of nitriles is 2. The Kier molecular flexibility index (Phi) is 3.48. The number of aromatic nitrogens is 2. The van der Waals surface area contributed by atoms with Gasteiger partial charge in [0.1, 0.15) is 6.07 Å². The van der Waals surface area contributed by atoms with Crippen LogP contribution >= 0.6 is 0 Å². The van der Waals surface area contributed by atoms with Crippen LogP contribution in [-0.4, -0.2) is 9.97 Å². The molecule has 0 spiro atoms. The number of hydrogen-bond acceptors (Lipinski definition) is 5. The summed E-state index contributed by atoms with van der Waals surface area (Å²) >= 11 is 0. The van der Waals surface area contributed by atoms with Crippen LogP contribution in [0.1, 0.15) is 16.8 Å². The van der Waals surface area contributed by atoms with Crippen molar-refractivity contribution in [3.05, 3.63) is 53.5 Å². The Labute approximate surface area is 104 Å². The van der Waals surface area contributed by atoms with Crippen molar-refractivity contribution in [2.75, 3.05) is 5.32 Å². The summed E-state index contributed by atoms with van der Waals surface area (Å²) in [6, 6.07) is 11.2. The molecule has 0 atom stereocenters. The van der Waals surface area contributed by atoms with Crippen molar-refractivity contribution in [2.24, 2.45) is 0 Å². The molecule has 1 aromatic heterocycles. The van der Waals surface area contributed by atoms with Crippen LogP contribution in [0.3, 0.4) is 0 Å². The van der Waals surface area contributed by atoms with Gasteiger partial charge in [-0.25, -0.2) is 9.97 Å². The van der Waals surface area contributed by atoms with Gasteiger partial charge < -0.3 is 5.32 Å². The van der Waals surface area contributed by atoms with Crippen molar-refractivity contribution in [2.45, 2.75) is 6.54 Å². The van der Waals surface area contributed by atoms with E-state index in [1.807, 2.05) is 18.2 Å². The quantitative estimate of drug-likeness (QED) is 0.877. The summed E-state index contributed by atoms with van der Waals surface area (Å²) in [5.74, 6) is 0.462. The first-order valence-electron chi connectivity index (χ1n) is 5.27. The van der Waals surface area contributed by atoms with Gasteiger partial charge in [-0.15, -0.1) is 0 Å². The highest BCUT2D eigenvalue weighted by atomic mass is 15.0. The molecular formula is C13H9N5. The molecule has 86 valence electrons. The lowest BCUT2D eigenvalue weighted by molar-refractivity contribution is 1.07. The van der Waals surface area contributed by atoms with Crippen LogP contribution in [0.2, 0.25) is 0 Å². The maximum Gasteiger partial charge on any atom is 0.182 e. The standard InChI is InChI=1S/C13H9N5/c14-7-10-1-3-11(4-2-10)9-18-13-12(8-15)16-5-6-17-13/h1-6H,9H2,(H,17,18). The molecule has 1 N–H and O–H groups in total. The van der Waals surface area contributed by atoms with E-state index in [1.54, 1.807) is 12.1 Å². The lowest BCUT2D eigenvalue weighted by atomic mass is 10.1. The molecule has 0 fully saturated rings. The maximum absolute atomic E-state index is 8.86. The zero-order valence-corrected chi connectivity index (χ0v) is 9.46. The molecule has 0 aliphatic heterocycles. The Bertz CT molecular complexity index is 619. The minimum absolute atomic E-state index is 0.270. The Morgan fingerprint density at radius 3 is 2.39 bits per heavy atom. The van der Waals surface area contributed by atoms with E-state index in [-0.39, 0.29) is 5.69 Å². The van der Waals surface area contributed by atoms with Crippen molar-refractivity contribution in [1.82, 2.24) is 9.97 Å². The normalized spacial score (nSPS) is 9.22. The van der Waals surface area contributed by atoms with Crippen LogP contribution in [0, 0.1) is 22.7 Å². The molecular weight excluding hydrogens is 226 g/mol. The molecule has 5 heteroatoms. The SMILES string of the molecule is N#Cc1ccc(CNc2nccnc2C#N)cc1. The number of rotatable bonds is 3. The number of anilines is 1. The van der Waals surface area contributed by atoms with E-state index < -0.39 is 0 Å². The van der Waals surface area contributed by atoms with Gasteiger partial charge in [0.2, 0.25) is 0 Å². The third-order valence-corrected chi connectivity index (χ3v) is 2.35. The molecule has 18 heavy (non-hydrogen) atoms. The Hall–Kier alpha value is -2.92. The molecule has 0 amide bonds. The van der Waals surface area contributed by atoms with Crippen LogP contribution in [-0.2, 0) is 6.54 Å². The van der Waals surface area contributed by atoms with Crippen molar-refractivity contribution < 1.29 is 0 Å². The number of hydrogen-bond donors (Lipinski definition) is 1. The van der Waals surface area contributed by atoms with Gasteiger partial charge in [0.05, 0.1) is 11.6 Å². The molecule has 1 heterocycles. The molecule has 0 saturated carbocycles. The van der Waals surface area contributed by atoms with E-state index in [2.05, 4.69) is 21.4 Å². The summed E-state index contributed by atoms with van der Waals surface area (Å²) in [5, 5.41) is 20.6. The molecule has 2 aromatic rings. The van der Waals surface area contributed by atoms with Crippen LogP contribution in [0.4, 0.5) is 5.82 Å². The average molecular weight is 235 g/mol. The molecule has 0 aliphatic rings. The molecule has 0 bridgehead atoms. The van der Waals surface area contributed by atoms with E-state index >= 15 is 0 Å². The predicted molar refractivity (Wildman–Crippen MR) is 65.2 cm³/mol. The van der Waals surface area contributed by atoms with E-state index in [4.69, 9.17) is 10.5 Å². The van der Waals surface area contributed by atoms with Crippen molar-refractivity contribution in [3.8, 4) is 12.1 Å². The fraction of sp³-hybridized carbons (Fsp3) is 0.0769. The number of benzene rings is 1. The van der Waals surface area contributed by atoms with Crippen LogP contribution in [0.15, 0.2) is 36.7 Å². The minimum atomic E-state index is 0.270. The first kappa shape index (κ1) is 11.6. The van der Waals surface area contributed by atoms with E-state index in [0.717, 1.165) is 5.56 Å². The van der Waals surface area contributed by atoms with Gasteiger partial charge in [0.25, 0.3) is 0 Å². The van der Waals surface area contributed by atoms with Gasteiger partial charge in [-0.2, -0.15) is 10.5 Å². The Balaban J connectivity index is 2.07. The van der Waals surface area contributed by atoms with Crippen molar-refractivity contribution in [3.63, 3.8) is 0 Å². The van der Waals surface area contributed by atoms with Gasteiger partial charge >= 0.3 is 0 Å². The summed E-state index contributed by atoms with van der Waals surface area (Å²) < 4.78 is 0. The minimum Gasteiger partial charge on any atom is -0.364 e. The molecule has 0 radical (unpaired) electrons. The average Bonchev–Trinajstić information content (AvgIpc) is 2.46. The molecule has 0 saturated heterocycles. The highest BCUT2D eigenvalue weighted by Crippen LogP contribution is 2.09. The Morgan fingerprint density at radius 2 is 1.72 bits per heavy atom. The van der Waals surface area contributed by atoms with Gasteiger partial charge in [-0.3, -0.25) is 0 Å².